The number of aromatic hydroxyl groups is 1. The maximum Gasteiger partial charge on any atom is 0.172 e. The molecule has 2 N–H and O–H groups in total. The summed E-state index contributed by atoms with van der Waals surface area (Å²) in [6.45, 7) is 6.86. The number of halogens is 2. The Morgan fingerprint density at radius 1 is 1.30 bits per heavy atom. The number of phenolic OH excluding ortho intramolecular Hbond substituents is 1. The Labute approximate surface area is 189 Å². The molecule has 0 unspecified atom stereocenters. The summed E-state index contributed by atoms with van der Waals surface area (Å²) in [5.41, 5.74) is 1.38. The van der Waals surface area contributed by atoms with Gasteiger partial charge < -0.3 is 20.1 Å². The van der Waals surface area contributed by atoms with E-state index in [-0.39, 0.29) is 22.9 Å². The lowest BCUT2D eigenvalue weighted by atomic mass is 9.90. The van der Waals surface area contributed by atoms with Crippen molar-refractivity contribution in [1.82, 2.24) is 15.2 Å². The smallest absolute Gasteiger partial charge is 0.172 e. The Morgan fingerprint density at radius 2 is 2.15 bits per heavy atom. The van der Waals surface area contributed by atoms with Gasteiger partial charge in [0.1, 0.15) is 11.9 Å². The molecule has 3 aromatic rings. The first-order chi connectivity index (χ1) is 15.9. The van der Waals surface area contributed by atoms with Crippen LogP contribution in [0.15, 0.2) is 43.1 Å². The third kappa shape index (κ3) is 3.53. The van der Waals surface area contributed by atoms with Crippen LogP contribution in [0.2, 0.25) is 0 Å². The fourth-order valence-electron chi connectivity index (χ4n) is 4.71. The van der Waals surface area contributed by atoms with E-state index < -0.39 is 17.4 Å². The number of anilines is 2. The first-order valence-electron chi connectivity index (χ1n) is 10.8. The second-order valence-corrected chi connectivity index (χ2v) is 8.33. The molecule has 5 rings (SSSR count). The van der Waals surface area contributed by atoms with E-state index in [2.05, 4.69) is 38.9 Å². The lowest BCUT2D eigenvalue weighted by Crippen LogP contribution is -2.52. The van der Waals surface area contributed by atoms with Crippen LogP contribution >= 0.6 is 0 Å². The molecule has 0 aliphatic carbocycles. The number of rotatable bonds is 5. The zero-order valence-electron chi connectivity index (χ0n) is 18.1. The van der Waals surface area contributed by atoms with Gasteiger partial charge in [0.2, 0.25) is 0 Å². The normalized spacial score (nSPS) is 21.2. The molecule has 2 aliphatic heterocycles. The van der Waals surface area contributed by atoms with E-state index in [0.29, 0.717) is 36.8 Å². The molecular weight excluding hydrogens is 428 g/mol. The van der Waals surface area contributed by atoms with Crippen LogP contribution in [0.3, 0.4) is 0 Å². The van der Waals surface area contributed by atoms with Crippen molar-refractivity contribution in [2.24, 2.45) is 0 Å². The van der Waals surface area contributed by atoms with Crippen molar-refractivity contribution < 1.29 is 18.6 Å². The molecule has 33 heavy (non-hydrogen) atoms. The van der Waals surface area contributed by atoms with Gasteiger partial charge in [0.25, 0.3) is 0 Å². The van der Waals surface area contributed by atoms with Crippen molar-refractivity contribution in [3.05, 3.63) is 60.4 Å². The van der Waals surface area contributed by atoms with Gasteiger partial charge in [0.05, 0.1) is 35.4 Å². The molecule has 0 radical (unpaired) electrons. The summed E-state index contributed by atoms with van der Waals surface area (Å²) in [6, 6.07) is 7.43. The fourth-order valence-corrected chi connectivity index (χ4v) is 4.71. The first-order valence-corrected chi connectivity index (χ1v) is 10.8. The van der Waals surface area contributed by atoms with E-state index in [9.17, 15) is 13.9 Å². The van der Waals surface area contributed by atoms with Gasteiger partial charge >= 0.3 is 0 Å². The average Bonchev–Trinajstić information content (AvgIpc) is 3.20. The number of nitrogens with one attached hydrogen (secondary N) is 1. The molecule has 2 atom stereocenters. The third-order valence-electron chi connectivity index (χ3n) is 6.48. The Bertz CT molecular complexity index is 1240. The highest BCUT2D eigenvalue weighted by Gasteiger charge is 2.48. The van der Waals surface area contributed by atoms with E-state index in [1.165, 1.54) is 30.5 Å². The highest BCUT2D eigenvalue weighted by Crippen LogP contribution is 2.45. The number of ether oxygens (including phenoxy) is 1. The summed E-state index contributed by atoms with van der Waals surface area (Å²) in [6.07, 6.45) is 4.21. The highest BCUT2D eigenvalue weighted by atomic mass is 19.1. The van der Waals surface area contributed by atoms with Crippen LogP contribution in [0.4, 0.5) is 20.3 Å². The van der Waals surface area contributed by atoms with Crippen molar-refractivity contribution in [3.8, 4) is 22.8 Å². The number of nitrogens with zero attached hydrogens (tertiary/aromatic N) is 4. The first kappa shape index (κ1) is 21.1. The quantitative estimate of drug-likeness (QED) is 0.595. The summed E-state index contributed by atoms with van der Waals surface area (Å²) >= 11 is 0. The van der Waals surface area contributed by atoms with E-state index in [1.54, 1.807) is 12.1 Å². The third-order valence-corrected chi connectivity index (χ3v) is 6.48. The molecule has 170 valence electrons. The number of fused-ring (bicyclic) bond motifs is 3. The fraction of sp³-hybridized carbons (Fsp3) is 0.292. The largest absolute Gasteiger partial charge is 0.504 e. The van der Waals surface area contributed by atoms with Crippen molar-refractivity contribution in [2.75, 3.05) is 23.3 Å². The van der Waals surface area contributed by atoms with Crippen LogP contribution in [0.25, 0.3) is 17.3 Å². The van der Waals surface area contributed by atoms with Crippen LogP contribution in [0.1, 0.15) is 25.5 Å². The van der Waals surface area contributed by atoms with E-state index >= 15 is 0 Å². The topological polar surface area (TPSA) is 83.4 Å². The van der Waals surface area contributed by atoms with Crippen molar-refractivity contribution in [1.29, 1.82) is 0 Å². The number of benzene rings is 1. The number of aromatic nitrogens is 3. The molecule has 2 aliphatic rings. The molecular formula is C24H23F2N5O2. The minimum absolute atomic E-state index is 0.182. The van der Waals surface area contributed by atoms with Gasteiger partial charge in [-0.3, -0.25) is 0 Å². The molecule has 2 aromatic heterocycles. The number of hydrogen-bond acceptors (Lipinski definition) is 7. The average molecular weight is 451 g/mol. The van der Waals surface area contributed by atoms with Crippen LogP contribution in [0.5, 0.6) is 11.5 Å². The number of pyridine rings is 1. The lowest BCUT2D eigenvalue weighted by Gasteiger charge is -2.43. The van der Waals surface area contributed by atoms with Crippen molar-refractivity contribution >= 4 is 17.6 Å². The maximum atomic E-state index is 14.1. The molecule has 0 saturated carbocycles. The monoisotopic (exact) mass is 451 g/mol. The van der Waals surface area contributed by atoms with Crippen LogP contribution in [-0.2, 0) is 0 Å². The van der Waals surface area contributed by atoms with Crippen LogP contribution < -0.4 is 15.0 Å². The molecule has 1 fully saturated rings. The maximum absolute atomic E-state index is 14.1. The summed E-state index contributed by atoms with van der Waals surface area (Å²) in [4.78, 5) is 6.27. The van der Waals surface area contributed by atoms with E-state index in [4.69, 9.17) is 4.74 Å². The van der Waals surface area contributed by atoms with Gasteiger partial charge in [-0.1, -0.05) is 19.6 Å². The zero-order valence-corrected chi connectivity index (χ0v) is 18.1. The molecule has 7 nitrogen and oxygen atoms in total. The summed E-state index contributed by atoms with van der Waals surface area (Å²) < 4.78 is 34.1. The summed E-state index contributed by atoms with van der Waals surface area (Å²) in [5, 5.41) is 22.0. The molecule has 0 bridgehead atoms. The second kappa shape index (κ2) is 7.99. The number of phenols is 1. The van der Waals surface area contributed by atoms with Crippen LogP contribution in [-0.4, -0.2) is 45.0 Å². The summed E-state index contributed by atoms with van der Waals surface area (Å²) in [7, 11) is 0. The van der Waals surface area contributed by atoms with Gasteiger partial charge in [0.15, 0.2) is 23.2 Å². The zero-order chi connectivity index (χ0) is 23.2. The number of hydrogen-bond donors (Lipinski definition) is 2. The minimum Gasteiger partial charge on any atom is -0.504 e. The van der Waals surface area contributed by atoms with Gasteiger partial charge in [-0.25, -0.2) is 13.8 Å². The number of para-hydroxylation sites is 1. The minimum atomic E-state index is -0.717. The molecule has 0 spiro atoms. The van der Waals surface area contributed by atoms with Gasteiger partial charge in [0, 0.05) is 24.6 Å². The Morgan fingerprint density at radius 3 is 2.91 bits per heavy atom. The molecule has 0 amide bonds. The Kier molecular flexibility index (Phi) is 5.11. The van der Waals surface area contributed by atoms with E-state index in [1.807, 2.05) is 0 Å². The molecule has 9 heteroatoms. The van der Waals surface area contributed by atoms with E-state index in [0.717, 1.165) is 12.1 Å². The van der Waals surface area contributed by atoms with Gasteiger partial charge in [-0.15, -0.1) is 10.2 Å². The summed E-state index contributed by atoms with van der Waals surface area (Å²) in [5.74, 6) is -0.684. The van der Waals surface area contributed by atoms with Gasteiger partial charge in [-0.2, -0.15) is 0 Å². The molecule has 1 saturated heterocycles. The van der Waals surface area contributed by atoms with Gasteiger partial charge in [-0.05, 0) is 30.7 Å². The SMILES string of the molecule is C=Cc1ncc(O[C@H]2CN3c4cc(-c5cccc(F)c5O)nnc4NC[C@@]3(CC)C2)cc1F. The van der Waals surface area contributed by atoms with Crippen LogP contribution in [0, 0.1) is 11.6 Å². The molecule has 1 aromatic carbocycles. The Hall–Kier alpha value is -3.75. The predicted molar refractivity (Wildman–Crippen MR) is 121 cm³/mol. The standard InChI is InChI=1S/C24H23F2N5O2/c1-3-19-18(26)8-14(11-27-19)33-15-10-24(4-2)13-28-23-21(31(24)12-15)9-20(29-30-23)16-6-5-7-17(25)22(16)32/h3,5-9,11,15,32H,1,4,10,12-13H2,2H3,(H,28,30)/t15-,24-/m1/s1. The van der Waals surface area contributed by atoms with Crippen molar-refractivity contribution in [3.63, 3.8) is 0 Å². The highest BCUT2D eigenvalue weighted by molar-refractivity contribution is 5.77. The lowest BCUT2D eigenvalue weighted by molar-refractivity contribution is 0.208. The molecule has 4 heterocycles. The predicted octanol–water partition coefficient (Wildman–Crippen LogP) is 4.40. The second-order valence-electron chi connectivity index (χ2n) is 8.33. The Balaban J connectivity index is 1.47. The van der Waals surface area contributed by atoms with Crippen molar-refractivity contribution in [2.45, 2.75) is 31.4 Å².